The highest BCUT2D eigenvalue weighted by Gasteiger charge is 2.60. The zero-order valence-electron chi connectivity index (χ0n) is 18.9. The average molecular weight is 440 g/mol. The van der Waals surface area contributed by atoms with Crippen LogP contribution in [0.5, 0.6) is 0 Å². The van der Waals surface area contributed by atoms with Gasteiger partial charge in [-0.15, -0.1) is 0 Å². The Morgan fingerprint density at radius 3 is 2.03 bits per heavy atom. The molecule has 2 heterocycles. The summed E-state index contributed by atoms with van der Waals surface area (Å²) in [5.41, 5.74) is -0.787. The fraction of sp³-hybridized carbons (Fsp3) is 0.480. The van der Waals surface area contributed by atoms with Gasteiger partial charge in [0.25, 0.3) is 8.32 Å². The molecule has 166 valence electrons. The van der Waals surface area contributed by atoms with E-state index >= 15 is 0 Å². The van der Waals surface area contributed by atoms with Gasteiger partial charge in [-0.05, 0) is 15.4 Å². The number of benzene rings is 2. The van der Waals surface area contributed by atoms with E-state index in [0.29, 0.717) is 25.9 Å². The average Bonchev–Trinajstić information content (AvgIpc) is 3.24. The summed E-state index contributed by atoms with van der Waals surface area (Å²) in [5, 5.41) is 12.6. The van der Waals surface area contributed by atoms with E-state index < -0.39 is 20.0 Å². The van der Waals surface area contributed by atoms with Gasteiger partial charge in [-0.1, -0.05) is 81.4 Å². The molecule has 2 aromatic carbocycles. The fourth-order valence-corrected chi connectivity index (χ4v) is 10.3. The van der Waals surface area contributed by atoms with Gasteiger partial charge in [-0.25, -0.2) is 0 Å². The van der Waals surface area contributed by atoms with Crippen molar-refractivity contribution in [1.82, 2.24) is 4.90 Å². The van der Waals surface area contributed by atoms with Crippen molar-refractivity contribution in [2.75, 3.05) is 20.2 Å². The molecule has 0 bridgehead atoms. The number of hydrogen-bond donors (Lipinski definition) is 1. The van der Waals surface area contributed by atoms with E-state index in [1.165, 1.54) is 17.5 Å². The molecule has 2 saturated heterocycles. The van der Waals surface area contributed by atoms with Gasteiger partial charge in [0.15, 0.2) is 0 Å². The van der Waals surface area contributed by atoms with E-state index in [0.717, 1.165) is 0 Å². The summed E-state index contributed by atoms with van der Waals surface area (Å²) in [6.07, 6.45) is 0.326. The maximum Gasteiger partial charge on any atom is 0.326 e. The maximum absolute atomic E-state index is 12.8. The Hall–Kier alpha value is -1.99. The van der Waals surface area contributed by atoms with Gasteiger partial charge in [0.1, 0.15) is 5.54 Å². The van der Waals surface area contributed by atoms with Crippen LogP contribution in [0.1, 0.15) is 33.6 Å². The first-order valence-electron chi connectivity index (χ1n) is 11.0. The van der Waals surface area contributed by atoms with Crippen molar-refractivity contribution in [3.05, 3.63) is 60.7 Å². The number of fused-ring (bicyclic) bond motifs is 1. The van der Waals surface area contributed by atoms with Crippen LogP contribution in [-0.4, -0.2) is 62.2 Å². The molecule has 2 aliphatic rings. The summed E-state index contributed by atoms with van der Waals surface area (Å²) in [6.45, 7) is 7.88. The van der Waals surface area contributed by atoms with Gasteiger partial charge in [-0.2, -0.15) is 0 Å². The van der Waals surface area contributed by atoms with E-state index in [4.69, 9.17) is 9.16 Å². The molecule has 0 aliphatic carbocycles. The molecular formula is C25H33NO4Si. The van der Waals surface area contributed by atoms with Crippen molar-refractivity contribution in [1.29, 1.82) is 0 Å². The Morgan fingerprint density at radius 1 is 1.00 bits per heavy atom. The smallest absolute Gasteiger partial charge is 0.326 e. The number of methoxy groups -OCH3 is 1. The Bertz CT molecular complexity index is 875. The molecule has 31 heavy (non-hydrogen) atoms. The molecule has 0 aromatic heterocycles. The zero-order valence-corrected chi connectivity index (χ0v) is 19.9. The molecule has 0 amide bonds. The molecular weight excluding hydrogens is 406 g/mol. The number of aliphatic hydroxyl groups excluding tert-OH is 1. The highest BCUT2D eigenvalue weighted by atomic mass is 28.4. The second-order valence-electron chi connectivity index (χ2n) is 9.89. The van der Waals surface area contributed by atoms with Crippen LogP contribution in [0.15, 0.2) is 60.7 Å². The van der Waals surface area contributed by atoms with Gasteiger partial charge in [0.05, 0.1) is 19.3 Å². The van der Waals surface area contributed by atoms with Gasteiger partial charge < -0.3 is 14.3 Å². The van der Waals surface area contributed by atoms with Crippen molar-refractivity contribution in [3.63, 3.8) is 0 Å². The number of nitrogens with zero attached hydrogens (tertiary/aromatic N) is 1. The summed E-state index contributed by atoms with van der Waals surface area (Å²) in [4.78, 5) is 14.9. The molecule has 2 aliphatic heterocycles. The molecule has 3 atom stereocenters. The van der Waals surface area contributed by atoms with Crippen LogP contribution in [0.3, 0.4) is 0 Å². The third kappa shape index (κ3) is 3.65. The molecule has 2 aromatic rings. The zero-order chi connectivity index (χ0) is 22.3. The lowest BCUT2D eigenvalue weighted by Gasteiger charge is -2.44. The first kappa shape index (κ1) is 22.2. The van der Waals surface area contributed by atoms with E-state index in [9.17, 15) is 9.90 Å². The normalized spacial score (nSPS) is 26.6. The first-order valence-corrected chi connectivity index (χ1v) is 12.9. The SMILES string of the molecule is COC(=O)[C@]12C[C@@H](O)CN1C[C@H](O[Si](c1ccccc1)(c1ccccc1)C(C)(C)C)C2. The Morgan fingerprint density at radius 2 is 1.55 bits per heavy atom. The topological polar surface area (TPSA) is 59.0 Å². The third-order valence-corrected chi connectivity index (χ3v) is 12.0. The van der Waals surface area contributed by atoms with Crippen molar-refractivity contribution < 1.29 is 19.1 Å². The first-order chi connectivity index (χ1) is 14.7. The summed E-state index contributed by atoms with van der Waals surface area (Å²) in [6, 6.07) is 21.1. The molecule has 0 radical (unpaired) electrons. The number of β-amino-alcohol motifs (C(OH)–C–C–N with tert-alkyl or cyclic N) is 1. The molecule has 4 rings (SSSR count). The number of aliphatic hydroxyl groups is 1. The molecule has 0 spiro atoms. The van der Waals surface area contributed by atoms with Crippen molar-refractivity contribution in [2.24, 2.45) is 0 Å². The number of ether oxygens (including phenoxy) is 1. The van der Waals surface area contributed by atoms with Crippen molar-refractivity contribution >= 4 is 24.7 Å². The summed E-state index contributed by atoms with van der Waals surface area (Å²) in [7, 11) is -1.27. The minimum atomic E-state index is -2.70. The lowest BCUT2D eigenvalue weighted by molar-refractivity contribution is -0.152. The van der Waals surface area contributed by atoms with Crippen LogP contribution >= 0.6 is 0 Å². The van der Waals surface area contributed by atoms with Crippen LogP contribution < -0.4 is 10.4 Å². The van der Waals surface area contributed by atoms with Crippen LogP contribution in [-0.2, 0) is 14.0 Å². The second-order valence-corrected chi connectivity index (χ2v) is 14.1. The highest BCUT2D eigenvalue weighted by molar-refractivity contribution is 6.99. The Labute approximate surface area is 186 Å². The fourth-order valence-electron chi connectivity index (χ4n) is 5.67. The third-order valence-electron chi connectivity index (χ3n) is 6.92. The molecule has 6 heteroatoms. The Balaban J connectivity index is 1.77. The number of esters is 1. The van der Waals surface area contributed by atoms with E-state index in [2.05, 4.69) is 74.2 Å². The quantitative estimate of drug-likeness (QED) is 0.572. The van der Waals surface area contributed by atoms with Crippen molar-refractivity contribution in [3.8, 4) is 0 Å². The lowest BCUT2D eigenvalue weighted by atomic mass is 9.93. The van der Waals surface area contributed by atoms with E-state index in [-0.39, 0.29) is 17.1 Å². The number of hydrogen-bond acceptors (Lipinski definition) is 5. The summed E-state index contributed by atoms with van der Waals surface area (Å²) < 4.78 is 12.4. The lowest BCUT2D eigenvalue weighted by Crippen LogP contribution is -2.68. The summed E-state index contributed by atoms with van der Waals surface area (Å²) in [5.74, 6) is -0.266. The van der Waals surface area contributed by atoms with Crippen LogP contribution in [0.2, 0.25) is 5.04 Å². The molecule has 5 nitrogen and oxygen atoms in total. The van der Waals surface area contributed by atoms with Gasteiger partial charge in [-0.3, -0.25) is 9.69 Å². The van der Waals surface area contributed by atoms with Crippen molar-refractivity contribution in [2.45, 2.75) is 56.4 Å². The monoisotopic (exact) mass is 439 g/mol. The van der Waals surface area contributed by atoms with Crippen LogP contribution in [0.25, 0.3) is 0 Å². The maximum atomic E-state index is 12.8. The van der Waals surface area contributed by atoms with Crippen LogP contribution in [0, 0.1) is 0 Å². The highest BCUT2D eigenvalue weighted by Crippen LogP contribution is 2.44. The number of carbonyl (C=O) groups excluding carboxylic acids is 1. The minimum absolute atomic E-state index is 0.113. The number of carbonyl (C=O) groups is 1. The van der Waals surface area contributed by atoms with Crippen LogP contribution in [0.4, 0.5) is 0 Å². The second kappa shape index (κ2) is 8.17. The minimum Gasteiger partial charge on any atom is -0.468 e. The molecule has 1 N–H and O–H groups in total. The predicted octanol–water partition coefficient (Wildman–Crippen LogP) is 2.31. The van der Waals surface area contributed by atoms with Gasteiger partial charge >= 0.3 is 5.97 Å². The van der Waals surface area contributed by atoms with Gasteiger partial charge in [0.2, 0.25) is 0 Å². The molecule has 2 fully saturated rings. The van der Waals surface area contributed by atoms with E-state index in [1.54, 1.807) is 0 Å². The predicted molar refractivity (Wildman–Crippen MR) is 124 cm³/mol. The molecule has 0 unspecified atom stereocenters. The van der Waals surface area contributed by atoms with Gasteiger partial charge in [0, 0.05) is 25.9 Å². The standard InChI is InChI=1S/C25H33NO4Si/c1-24(2,3)31(21-11-7-5-8-12-21,22-13-9-6-10-14-22)30-20-16-25(23(28)29-4)15-19(27)17-26(25)18-20/h5-14,19-20,27H,15-18H2,1-4H3/t19-,20-,25-/m1/s1. The Kier molecular flexibility index (Phi) is 5.85. The largest absolute Gasteiger partial charge is 0.468 e. The molecule has 0 saturated carbocycles. The van der Waals surface area contributed by atoms with E-state index in [1.807, 2.05) is 12.1 Å². The number of rotatable bonds is 5. The summed E-state index contributed by atoms with van der Waals surface area (Å²) >= 11 is 0.